The van der Waals surface area contributed by atoms with Crippen LogP contribution in [0.5, 0.6) is 0 Å². The zero-order valence-electron chi connectivity index (χ0n) is 4.80. The summed E-state index contributed by atoms with van der Waals surface area (Å²) in [5, 5.41) is 0. The Morgan fingerprint density at radius 3 is 1.33 bits per heavy atom. The molecule has 0 aliphatic carbocycles. The molecular formula is C5H5Br2MgN. The fraction of sp³-hybridized carbons (Fsp3) is 0. The van der Waals surface area contributed by atoms with Gasteiger partial charge >= 0.3 is 23.1 Å². The minimum atomic E-state index is 0. The van der Waals surface area contributed by atoms with Crippen molar-refractivity contribution in [3.8, 4) is 0 Å². The number of pyridine rings is 1. The normalized spacial score (nSPS) is 5.33. The Labute approximate surface area is 91.9 Å². The van der Waals surface area contributed by atoms with Gasteiger partial charge in [0.05, 0.1) is 0 Å². The first kappa shape index (κ1) is 16.5. The van der Waals surface area contributed by atoms with E-state index in [9.17, 15) is 0 Å². The number of halogens is 2. The molecule has 1 heterocycles. The van der Waals surface area contributed by atoms with Gasteiger partial charge in [-0.05, 0) is 12.1 Å². The van der Waals surface area contributed by atoms with E-state index in [0.717, 1.165) is 0 Å². The van der Waals surface area contributed by atoms with Gasteiger partial charge in [-0.3, -0.25) is 4.98 Å². The van der Waals surface area contributed by atoms with Gasteiger partial charge < -0.3 is 34.0 Å². The third-order valence-electron chi connectivity index (χ3n) is 0.566. The second kappa shape index (κ2) is 11.6. The number of aromatic nitrogens is 1. The number of hydrogen-bond acceptors (Lipinski definition) is 1. The van der Waals surface area contributed by atoms with Crippen molar-refractivity contribution >= 4 is 23.1 Å². The Hall–Kier alpha value is 0.876. The van der Waals surface area contributed by atoms with E-state index in [-0.39, 0.29) is 57.0 Å². The summed E-state index contributed by atoms with van der Waals surface area (Å²) in [5.41, 5.74) is 0. The minimum absolute atomic E-state index is 0. The van der Waals surface area contributed by atoms with Crippen LogP contribution in [-0.4, -0.2) is 28.0 Å². The molecule has 1 aromatic heterocycles. The molecule has 1 rings (SSSR count). The van der Waals surface area contributed by atoms with E-state index in [2.05, 4.69) is 4.98 Å². The zero-order chi connectivity index (χ0) is 4.24. The van der Waals surface area contributed by atoms with Gasteiger partial charge in [-0.15, -0.1) is 0 Å². The molecule has 0 saturated carbocycles. The SMILES string of the molecule is [Br-].[Br-].[Mg+2].c1ccncc1. The quantitative estimate of drug-likeness (QED) is 0.426. The van der Waals surface area contributed by atoms with E-state index >= 15 is 0 Å². The van der Waals surface area contributed by atoms with Gasteiger partial charge in [0.1, 0.15) is 0 Å². The van der Waals surface area contributed by atoms with E-state index in [4.69, 9.17) is 0 Å². The van der Waals surface area contributed by atoms with Crippen LogP contribution in [0.25, 0.3) is 0 Å². The van der Waals surface area contributed by atoms with Crippen LogP contribution in [0.15, 0.2) is 30.6 Å². The molecule has 0 bridgehead atoms. The van der Waals surface area contributed by atoms with Gasteiger partial charge in [0.2, 0.25) is 0 Å². The van der Waals surface area contributed by atoms with E-state index in [0.29, 0.717) is 0 Å². The van der Waals surface area contributed by atoms with Crippen LogP contribution in [0.3, 0.4) is 0 Å². The Kier molecular flexibility index (Phi) is 21.3. The van der Waals surface area contributed by atoms with E-state index in [1.165, 1.54) is 0 Å². The Bertz CT molecular complexity index is 86.9. The second-order valence-electron chi connectivity index (χ2n) is 1.02. The molecule has 1 nitrogen and oxygen atoms in total. The number of nitrogens with zero attached hydrogens (tertiary/aromatic N) is 1. The van der Waals surface area contributed by atoms with Crippen molar-refractivity contribution in [1.82, 2.24) is 4.98 Å². The van der Waals surface area contributed by atoms with Gasteiger partial charge in [-0.2, -0.15) is 0 Å². The van der Waals surface area contributed by atoms with Crippen molar-refractivity contribution < 1.29 is 34.0 Å². The monoisotopic (exact) mass is 261 g/mol. The molecule has 1 aromatic rings. The van der Waals surface area contributed by atoms with Crippen molar-refractivity contribution in [2.75, 3.05) is 0 Å². The van der Waals surface area contributed by atoms with Crippen LogP contribution in [0, 0.1) is 0 Å². The molecule has 9 heavy (non-hydrogen) atoms. The van der Waals surface area contributed by atoms with Gasteiger partial charge in [0.15, 0.2) is 0 Å². The van der Waals surface area contributed by atoms with Crippen molar-refractivity contribution in [2.45, 2.75) is 0 Å². The Morgan fingerprint density at radius 1 is 0.778 bits per heavy atom. The second-order valence-corrected chi connectivity index (χ2v) is 1.02. The van der Waals surface area contributed by atoms with Gasteiger partial charge in [0, 0.05) is 12.4 Å². The number of hydrogen-bond donors (Lipinski definition) is 0. The fourth-order valence-corrected chi connectivity index (χ4v) is 0.313. The summed E-state index contributed by atoms with van der Waals surface area (Å²) in [6, 6.07) is 5.72. The molecule has 4 heteroatoms. The molecule has 0 saturated heterocycles. The third-order valence-corrected chi connectivity index (χ3v) is 0.566. The summed E-state index contributed by atoms with van der Waals surface area (Å²) >= 11 is 0. The molecule has 0 aliphatic rings. The van der Waals surface area contributed by atoms with Crippen molar-refractivity contribution in [3.63, 3.8) is 0 Å². The summed E-state index contributed by atoms with van der Waals surface area (Å²) in [5.74, 6) is 0. The first-order valence-electron chi connectivity index (χ1n) is 1.85. The number of rotatable bonds is 0. The minimum Gasteiger partial charge on any atom is -1.00 e. The maximum atomic E-state index is 3.78. The topological polar surface area (TPSA) is 12.9 Å². The van der Waals surface area contributed by atoms with Gasteiger partial charge in [-0.25, -0.2) is 0 Å². The molecule has 0 radical (unpaired) electrons. The summed E-state index contributed by atoms with van der Waals surface area (Å²) < 4.78 is 0. The maximum absolute atomic E-state index is 3.78. The maximum Gasteiger partial charge on any atom is 2.00 e. The summed E-state index contributed by atoms with van der Waals surface area (Å²) in [4.78, 5) is 3.78. The van der Waals surface area contributed by atoms with Crippen LogP contribution >= 0.6 is 0 Å². The van der Waals surface area contributed by atoms with Gasteiger partial charge in [-0.1, -0.05) is 6.07 Å². The van der Waals surface area contributed by atoms with Crippen LogP contribution in [-0.2, 0) is 0 Å². The molecule has 0 amide bonds. The predicted molar refractivity (Wildman–Crippen MR) is 30.0 cm³/mol. The van der Waals surface area contributed by atoms with E-state index in [1.54, 1.807) is 12.4 Å². The molecule has 0 unspecified atom stereocenters. The molecular weight excluding hydrogens is 258 g/mol. The van der Waals surface area contributed by atoms with Crippen LogP contribution < -0.4 is 34.0 Å². The molecule has 0 aliphatic heterocycles. The molecule has 0 spiro atoms. The Morgan fingerprint density at radius 2 is 1.22 bits per heavy atom. The Balaban J connectivity index is -0.000000120. The predicted octanol–water partition coefficient (Wildman–Crippen LogP) is -5.29. The van der Waals surface area contributed by atoms with Gasteiger partial charge in [0.25, 0.3) is 0 Å². The molecule has 0 fully saturated rings. The third kappa shape index (κ3) is 8.88. The average molecular weight is 263 g/mol. The van der Waals surface area contributed by atoms with E-state index < -0.39 is 0 Å². The first-order chi connectivity index (χ1) is 3.00. The van der Waals surface area contributed by atoms with Crippen molar-refractivity contribution in [1.29, 1.82) is 0 Å². The molecule has 0 aromatic carbocycles. The van der Waals surface area contributed by atoms with Crippen LogP contribution in [0.4, 0.5) is 0 Å². The van der Waals surface area contributed by atoms with Crippen LogP contribution in [0.2, 0.25) is 0 Å². The van der Waals surface area contributed by atoms with Crippen LogP contribution in [0.1, 0.15) is 0 Å². The summed E-state index contributed by atoms with van der Waals surface area (Å²) in [7, 11) is 0. The summed E-state index contributed by atoms with van der Waals surface area (Å²) in [6.07, 6.45) is 3.50. The standard InChI is InChI=1S/C5H5N.2BrH.Mg/c1-2-4-6-5-3-1;;;/h1-5H;2*1H;/q;;;+2/p-2. The zero-order valence-corrected chi connectivity index (χ0v) is 9.38. The smallest absolute Gasteiger partial charge is 1.00 e. The van der Waals surface area contributed by atoms with E-state index in [1.807, 2.05) is 18.2 Å². The summed E-state index contributed by atoms with van der Waals surface area (Å²) in [6.45, 7) is 0. The molecule has 0 N–H and O–H groups in total. The molecule has 46 valence electrons. The fourth-order valence-electron chi connectivity index (χ4n) is 0.313. The largest absolute Gasteiger partial charge is 2.00 e. The first-order valence-corrected chi connectivity index (χ1v) is 1.85. The van der Waals surface area contributed by atoms with Crippen molar-refractivity contribution in [3.05, 3.63) is 30.6 Å². The average Bonchev–Trinajstić information content (AvgIpc) is 1.72. The molecule has 0 atom stereocenters. The van der Waals surface area contributed by atoms with Crippen molar-refractivity contribution in [2.24, 2.45) is 0 Å².